The Morgan fingerprint density at radius 2 is 1.39 bits per heavy atom. The van der Waals surface area contributed by atoms with Gasteiger partial charge in [-0.05, 0) is 36.3 Å². The number of benzene rings is 2. The predicted octanol–water partition coefficient (Wildman–Crippen LogP) is 4.74. The Labute approximate surface area is 184 Å². The van der Waals surface area contributed by atoms with Gasteiger partial charge >= 0.3 is 5.97 Å². The van der Waals surface area contributed by atoms with Gasteiger partial charge in [0.2, 0.25) is 0 Å². The zero-order valence-electron chi connectivity index (χ0n) is 17.9. The van der Waals surface area contributed by atoms with E-state index in [1.165, 1.54) is 6.42 Å². The summed E-state index contributed by atoms with van der Waals surface area (Å²) in [6.45, 7) is 0. The van der Waals surface area contributed by atoms with E-state index in [1.54, 1.807) is 0 Å². The zero-order chi connectivity index (χ0) is 21.6. The van der Waals surface area contributed by atoms with Gasteiger partial charge in [-0.3, -0.25) is 14.4 Å². The van der Waals surface area contributed by atoms with E-state index < -0.39 is 23.9 Å². The van der Waals surface area contributed by atoms with Crippen molar-refractivity contribution < 1.29 is 19.1 Å². The monoisotopic (exact) mass is 418 g/mol. The van der Waals surface area contributed by atoms with Gasteiger partial charge in [-0.25, -0.2) is 0 Å². The molecule has 31 heavy (non-hydrogen) atoms. The van der Waals surface area contributed by atoms with E-state index in [0.717, 1.165) is 36.8 Å². The van der Waals surface area contributed by atoms with Gasteiger partial charge in [-0.15, -0.1) is 0 Å². The molecule has 0 bridgehead atoms. The van der Waals surface area contributed by atoms with Crippen LogP contribution in [0.25, 0.3) is 0 Å². The van der Waals surface area contributed by atoms with Crippen LogP contribution in [-0.4, -0.2) is 23.6 Å². The summed E-state index contributed by atoms with van der Waals surface area (Å²) in [7, 11) is 0. The van der Waals surface area contributed by atoms with Gasteiger partial charge < -0.3 is 4.74 Å². The number of cyclic esters (lactones) is 1. The van der Waals surface area contributed by atoms with Crippen LogP contribution in [-0.2, 0) is 32.0 Å². The zero-order valence-corrected chi connectivity index (χ0v) is 17.9. The molecular formula is C27H30O4. The first-order valence-electron chi connectivity index (χ1n) is 11.5. The smallest absolute Gasteiger partial charge is 0.325 e. The molecule has 2 aromatic rings. The Kier molecular flexibility index (Phi) is 6.96. The average molecular weight is 419 g/mol. The van der Waals surface area contributed by atoms with Crippen LogP contribution in [0.1, 0.15) is 49.7 Å². The molecule has 0 N–H and O–H groups in total. The summed E-state index contributed by atoms with van der Waals surface area (Å²) >= 11 is 0. The number of hydrogen-bond donors (Lipinski definition) is 0. The minimum atomic E-state index is -1.27. The third kappa shape index (κ3) is 5.30. The lowest BCUT2D eigenvalue weighted by Crippen LogP contribution is -2.35. The maximum Gasteiger partial charge on any atom is 0.325 e. The van der Waals surface area contributed by atoms with Crippen LogP contribution in [0.4, 0.5) is 0 Å². The van der Waals surface area contributed by atoms with Crippen molar-refractivity contribution in [1.29, 1.82) is 0 Å². The Morgan fingerprint density at radius 3 is 1.94 bits per heavy atom. The molecule has 4 nitrogen and oxygen atoms in total. The SMILES string of the molecule is O=C1OC(CC2CCCCC2)C(=O)C1C(=O)C(Cc1ccccc1)Cc1ccccc1. The molecule has 162 valence electrons. The van der Waals surface area contributed by atoms with E-state index >= 15 is 0 Å². The molecule has 2 unspecified atom stereocenters. The maximum atomic E-state index is 13.5. The summed E-state index contributed by atoms with van der Waals surface area (Å²) in [5.74, 6) is -2.58. The molecule has 0 amide bonds. The van der Waals surface area contributed by atoms with Crippen LogP contribution in [0.5, 0.6) is 0 Å². The summed E-state index contributed by atoms with van der Waals surface area (Å²) in [4.78, 5) is 39.2. The van der Waals surface area contributed by atoms with Crippen molar-refractivity contribution in [3.05, 3.63) is 71.8 Å². The third-order valence-corrected chi connectivity index (χ3v) is 6.70. The molecule has 4 rings (SSSR count). The van der Waals surface area contributed by atoms with Gasteiger partial charge in [-0.2, -0.15) is 0 Å². The second-order valence-electron chi connectivity index (χ2n) is 8.98. The number of ketones is 2. The number of carbonyl (C=O) groups is 3. The van der Waals surface area contributed by atoms with Crippen molar-refractivity contribution in [3.8, 4) is 0 Å². The first-order chi connectivity index (χ1) is 15.1. The number of carbonyl (C=O) groups excluding carboxylic acids is 3. The number of esters is 1. The predicted molar refractivity (Wildman–Crippen MR) is 118 cm³/mol. The van der Waals surface area contributed by atoms with E-state index in [2.05, 4.69) is 0 Å². The second kappa shape index (κ2) is 10.0. The van der Waals surface area contributed by atoms with Crippen molar-refractivity contribution in [1.82, 2.24) is 0 Å². The van der Waals surface area contributed by atoms with Crippen molar-refractivity contribution in [2.24, 2.45) is 17.8 Å². The third-order valence-electron chi connectivity index (χ3n) is 6.70. The maximum absolute atomic E-state index is 13.5. The summed E-state index contributed by atoms with van der Waals surface area (Å²) in [5.41, 5.74) is 2.05. The molecule has 1 saturated carbocycles. The minimum absolute atomic E-state index is 0.297. The van der Waals surface area contributed by atoms with E-state index in [0.29, 0.717) is 25.2 Å². The quantitative estimate of drug-likeness (QED) is 0.459. The van der Waals surface area contributed by atoms with E-state index in [1.807, 2.05) is 60.7 Å². The molecule has 1 saturated heterocycles. The van der Waals surface area contributed by atoms with Crippen molar-refractivity contribution in [3.63, 3.8) is 0 Å². The topological polar surface area (TPSA) is 60.4 Å². The fourth-order valence-electron chi connectivity index (χ4n) is 5.02. The summed E-state index contributed by atoms with van der Waals surface area (Å²) in [6, 6.07) is 19.5. The molecule has 0 aromatic heterocycles. The molecule has 2 aliphatic rings. The Morgan fingerprint density at radius 1 is 0.839 bits per heavy atom. The van der Waals surface area contributed by atoms with Gasteiger partial charge in [0, 0.05) is 5.92 Å². The number of hydrogen-bond acceptors (Lipinski definition) is 4. The van der Waals surface area contributed by atoms with Crippen molar-refractivity contribution >= 4 is 17.5 Å². The van der Waals surface area contributed by atoms with Crippen LogP contribution >= 0.6 is 0 Å². The van der Waals surface area contributed by atoms with Gasteiger partial charge in [0.05, 0.1) is 0 Å². The van der Waals surface area contributed by atoms with Gasteiger partial charge in [0.1, 0.15) is 0 Å². The van der Waals surface area contributed by atoms with Crippen molar-refractivity contribution in [2.45, 2.75) is 57.5 Å². The highest BCUT2D eigenvalue weighted by Gasteiger charge is 2.49. The van der Waals surface area contributed by atoms with Crippen LogP contribution < -0.4 is 0 Å². The van der Waals surface area contributed by atoms with E-state index in [9.17, 15) is 14.4 Å². The van der Waals surface area contributed by atoms with Crippen LogP contribution in [0.15, 0.2) is 60.7 Å². The lowest BCUT2D eigenvalue weighted by molar-refractivity contribution is -0.148. The fourth-order valence-corrected chi connectivity index (χ4v) is 5.02. The summed E-state index contributed by atoms with van der Waals surface area (Å²) < 4.78 is 5.45. The molecular weight excluding hydrogens is 388 g/mol. The first-order valence-corrected chi connectivity index (χ1v) is 11.5. The molecule has 0 spiro atoms. The standard InChI is InChI=1S/C27H30O4/c28-25(24-26(29)23(31-27(24)30)18-21-14-8-3-9-15-21)22(16-19-10-4-1-5-11-19)17-20-12-6-2-7-13-20/h1-2,4-7,10-13,21-24H,3,8-9,14-18H2. The average Bonchev–Trinajstić information content (AvgIpc) is 3.07. The number of Topliss-reactive ketones (excluding diaryl/α,β-unsaturated/α-hetero) is 2. The largest absolute Gasteiger partial charge is 0.453 e. The highest BCUT2D eigenvalue weighted by Crippen LogP contribution is 2.33. The Balaban J connectivity index is 1.50. The molecule has 1 aliphatic carbocycles. The van der Waals surface area contributed by atoms with E-state index in [4.69, 9.17) is 4.74 Å². The first kappa shape index (κ1) is 21.5. The van der Waals surface area contributed by atoms with Gasteiger partial charge in [-0.1, -0.05) is 92.8 Å². The van der Waals surface area contributed by atoms with Crippen LogP contribution in [0.3, 0.4) is 0 Å². The lowest BCUT2D eigenvalue weighted by atomic mass is 9.80. The molecule has 4 heteroatoms. The summed E-state index contributed by atoms with van der Waals surface area (Å²) in [5, 5.41) is 0. The van der Waals surface area contributed by atoms with Gasteiger partial charge in [0.25, 0.3) is 0 Å². The molecule has 1 heterocycles. The van der Waals surface area contributed by atoms with Crippen LogP contribution in [0.2, 0.25) is 0 Å². The fraction of sp³-hybridized carbons (Fsp3) is 0.444. The molecule has 0 radical (unpaired) electrons. The van der Waals surface area contributed by atoms with Crippen LogP contribution in [0, 0.1) is 17.8 Å². The van der Waals surface area contributed by atoms with E-state index in [-0.39, 0.29) is 11.6 Å². The van der Waals surface area contributed by atoms with Crippen molar-refractivity contribution in [2.75, 3.05) is 0 Å². The second-order valence-corrected chi connectivity index (χ2v) is 8.98. The molecule has 2 fully saturated rings. The highest BCUT2D eigenvalue weighted by atomic mass is 16.6. The van der Waals surface area contributed by atoms with Gasteiger partial charge in [0.15, 0.2) is 23.6 Å². The summed E-state index contributed by atoms with van der Waals surface area (Å²) in [6.07, 6.45) is 6.52. The molecule has 2 aromatic carbocycles. The number of rotatable bonds is 8. The normalized spacial score (nSPS) is 22.0. The minimum Gasteiger partial charge on any atom is -0.453 e. The number of ether oxygens (including phenoxy) is 1. The Hall–Kier alpha value is -2.75. The highest BCUT2D eigenvalue weighted by molar-refractivity contribution is 6.22. The Bertz CT molecular complexity index is 858. The lowest BCUT2D eigenvalue weighted by Gasteiger charge is -2.23. The molecule has 1 aliphatic heterocycles. The molecule has 2 atom stereocenters.